The van der Waals surface area contributed by atoms with Gasteiger partial charge in [-0.15, -0.1) is 11.8 Å². The quantitative estimate of drug-likeness (QED) is 0.723. The first-order valence-corrected chi connectivity index (χ1v) is 12.3. The van der Waals surface area contributed by atoms with Gasteiger partial charge in [-0.3, -0.25) is 14.7 Å². The van der Waals surface area contributed by atoms with Crippen LogP contribution in [0, 0.1) is 5.41 Å². The fourth-order valence-corrected chi connectivity index (χ4v) is 7.54. The lowest BCUT2D eigenvalue weighted by Crippen LogP contribution is -2.62. The summed E-state index contributed by atoms with van der Waals surface area (Å²) in [6.07, 6.45) is 8.37. The maximum absolute atomic E-state index is 2.79. The van der Waals surface area contributed by atoms with Gasteiger partial charge in [0.1, 0.15) is 0 Å². The summed E-state index contributed by atoms with van der Waals surface area (Å²) in [7, 11) is 4.70. The Morgan fingerprint density at radius 3 is 2.22 bits per heavy atom. The standard InChI is InChI=1S/C22H42N4S/c1-18(2)25-12-6-8-22(17-25)9-7-20(24(22)5)27-19(3)26-15-21(16-26)10-13-23(4)14-11-21/h18-20H,6-17H2,1-5H3. The van der Waals surface area contributed by atoms with Crippen LogP contribution in [0.1, 0.15) is 59.3 Å². The Morgan fingerprint density at radius 1 is 0.852 bits per heavy atom. The van der Waals surface area contributed by atoms with Gasteiger partial charge in [-0.25, -0.2) is 0 Å². The molecule has 4 aliphatic rings. The zero-order chi connectivity index (χ0) is 19.2. The molecule has 0 bridgehead atoms. The highest BCUT2D eigenvalue weighted by atomic mass is 32.2. The second-order valence-corrected chi connectivity index (χ2v) is 11.9. The molecule has 4 rings (SSSR count). The minimum atomic E-state index is 0.448. The van der Waals surface area contributed by atoms with E-state index in [0.29, 0.717) is 27.7 Å². The molecule has 0 aromatic rings. The van der Waals surface area contributed by atoms with Crippen molar-refractivity contribution in [3.05, 3.63) is 0 Å². The van der Waals surface area contributed by atoms with E-state index in [1.54, 1.807) is 0 Å². The molecule has 0 N–H and O–H groups in total. The van der Waals surface area contributed by atoms with Gasteiger partial charge in [0.2, 0.25) is 0 Å². The highest BCUT2D eigenvalue weighted by Gasteiger charge is 2.49. The zero-order valence-electron chi connectivity index (χ0n) is 18.4. The molecule has 156 valence electrons. The Labute approximate surface area is 172 Å². The third-order valence-electron chi connectivity index (χ3n) is 8.34. The number of hydrogen-bond donors (Lipinski definition) is 0. The van der Waals surface area contributed by atoms with E-state index in [1.165, 1.54) is 77.8 Å². The number of rotatable bonds is 4. The van der Waals surface area contributed by atoms with E-state index in [4.69, 9.17) is 0 Å². The number of hydrogen-bond acceptors (Lipinski definition) is 5. The fraction of sp³-hybridized carbons (Fsp3) is 1.00. The van der Waals surface area contributed by atoms with Gasteiger partial charge in [0.25, 0.3) is 0 Å². The van der Waals surface area contributed by atoms with Gasteiger partial charge in [0.15, 0.2) is 0 Å². The van der Waals surface area contributed by atoms with E-state index < -0.39 is 0 Å². The molecule has 0 aromatic carbocycles. The SMILES string of the molecule is CC(C)N1CCCC2(CCC(SC(C)N3CC4(CCN(C)CC4)C3)N2C)C1. The van der Waals surface area contributed by atoms with Crippen molar-refractivity contribution < 1.29 is 0 Å². The van der Waals surface area contributed by atoms with Crippen molar-refractivity contribution >= 4 is 11.8 Å². The van der Waals surface area contributed by atoms with Crippen LogP contribution in [0.5, 0.6) is 0 Å². The maximum Gasteiger partial charge on any atom is 0.0576 e. The van der Waals surface area contributed by atoms with Gasteiger partial charge >= 0.3 is 0 Å². The lowest BCUT2D eigenvalue weighted by Gasteiger charge is -2.56. The molecule has 4 heterocycles. The molecule has 0 aromatic heterocycles. The van der Waals surface area contributed by atoms with Crippen LogP contribution in [0.25, 0.3) is 0 Å². The normalized spacial score (nSPS) is 37.3. The van der Waals surface area contributed by atoms with E-state index in [-0.39, 0.29) is 0 Å². The third kappa shape index (κ3) is 3.96. The fourth-order valence-electron chi connectivity index (χ4n) is 6.10. The summed E-state index contributed by atoms with van der Waals surface area (Å²) in [5.74, 6) is 0. The summed E-state index contributed by atoms with van der Waals surface area (Å²) in [6, 6.07) is 0.688. The topological polar surface area (TPSA) is 13.0 Å². The maximum atomic E-state index is 2.79. The first-order valence-electron chi connectivity index (χ1n) is 11.4. The van der Waals surface area contributed by atoms with Crippen LogP contribution in [-0.4, -0.2) is 95.3 Å². The minimum absolute atomic E-state index is 0.448. The summed E-state index contributed by atoms with van der Waals surface area (Å²) in [5.41, 5.74) is 1.11. The highest BCUT2D eigenvalue weighted by molar-refractivity contribution is 8.00. The summed E-state index contributed by atoms with van der Waals surface area (Å²) in [4.78, 5) is 10.8. The summed E-state index contributed by atoms with van der Waals surface area (Å²) in [6.45, 7) is 15.1. The molecule has 3 unspecified atom stereocenters. The molecule has 27 heavy (non-hydrogen) atoms. The number of piperidine rings is 2. The van der Waals surface area contributed by atoms with Crippen LogP contribution in [0.4, 0.5) is 0 Å². The average Bonchev–Trinajstić information content (AvgIpc) is 2.90. The van der Waals surface area contributed by atoms with Gasteiger partial charge in [-0.05, 0) is 98.4 Å². The molecule has 5 heteroatoms. The van der Waals surface area contributed by atoms with Gasteiger partial charge in [0.05, 0.1) is 10.7 Å². The molecule has 0 amide bonds. The van der Waals surface area contributed by atoms with Crippen molar-refractivity contribution in [1.82, 2.24) is 19.6 Å². The van der Waals surface area contributed by atoms with E-state index >= 15 is 0 Å². The van der Waals surface area contributed by atoms with Crippen LogP contribution in [0.3, 0.4) is 0 Å². The van der Waals surface area contributed by atoms with Gasteiger partial charge in [-0.1, -0.05) is 0 Å². The largest absolute Gasteiger partial charge is 0.306 e. The summed E-state index contributed by atoms with van der Waals surface area (Å²) >= 11 is 2.25. The van der Waals surface area contributed by atoms with E-state index in [1.807, 2.05) is 0 Å². The molecule has 0 radical (unpaired) electrons. The third-order valence-corrected chi connectivity index (χ3v) is 9.90. The van der Waals surface area contributed by atoms with Crippen molar-refractivity contribution in [2.45, 2.75) is 81.6 Å². The van der Waals surface area contributed by atoms with Gasteiger partial charge in [0, 0.05) is 31.2 Å². The van der Waals surface area contributed by atoms with Crippen LogP contribution in [0.2, 0.25) is 0 Å². The predicted molar refractivity (Wildman–Crippen MR) is 117 cm³/mol. The summed E-state index contributed by atoms with van der Waals surface area (Å²) < 4.78 is 0. The zero-order valence-corrected chi connectivity index (χ0v) is 19.2. The number of thioether (sulfide) groups is 1. The molecular weight excluding hydrogens is 352 g/mol. The summed E-state index contributed by atoms with van der Waals surface area (Å²) in [5, 5.41) is 1.38. The lowest BCUT2D eigenvalue weighted by molar-refractivity contribution is -0.0460. The van der Waals surface area contributed by atoms with E-state index in [2.05, 4.69) is 66.2 Å². The van der Waals surface area contributed by atoms with Crippen LogP contribution in [-0.2, 0) is 0 Å². The Bertz CT molecular complexity index is 510. The van der Waals surface area contributed by atoms with Crippen molar-refractivity contribution in [2.75, 3.05) is 53.4 Å². The Morgan fingerprint density at radius 2 is 1.56 bits per heavy atom. The molecule has 2 spiro atoms. The minimum Gasteiger partial charge on any atom is -0.306 e. The molecular formula is C22H42N4S. The first kappa shape index (κ1) is 20.5. The van der Waals surface area contributed by atoms with Gasteiger partial charge in [-0.2, -0.15) is 0 Å². The Kier molecular flexibility index (Phi) is 5.90. The van der Waals surface area contributed by atoms with Crippen molar-refractivity contribution in [1.29, 1.82) is 0 Å². The molecule has 4 aliphatic heterocycles. The first-order chi connectivity index (χ1) is 12.8. The second kappa shape index (κ2) is 7.79. The smallest absolute Gasteiger partial charge is 0.0576 e. The molecule has 4 nitrogen and oxygen atoms in total. The predicted octanol–water partition coefficient (Wildman–Crippen LogP) is 3.39. The van der Waals surface area contributed by atoms with Gasteiger partial charge < -0.3 is 4.90 Å². The van der Waals surface area contributed by atoms with Crippen molar-refractivity contribution in [3.8, 4) is 0 Å². The molecule has 4 fully saturated rings. The van der Waals surface area contributed by atoms with Crippen LogP contribution >= 0.6 is 11.8 Å². The Balaban J connectivity index is 1.29. The second-order valence-electron chi connectivity index (χ2n) is 10.4. The number of nitrogens with zero attached hydrogens (tertiary/aromatic N) is 4. The van der Waals surface area contributed by atoms with E-state index in [9.17, 15) is 0 Å². The van der Waals surface area contributed by atoms with Crippen molar-refractivity contribution in [2.24, 2.45) is 5.41 Å². The lowest BCUT2D eigenvalue weighted by atomic mass is 9.72. The molecule has 0 aliphatic carbocycles. The Hall–Kier alpha value is 0.190. The average molecular weight is 395 g/mol. The highest BCUT2D eigenvalue weighted by Crippen LogP contribution is 2.47. The van der Waals surface area contributed by atoms with Crippen molar-refractivity contribution in [3.63, 3.8) is 0 Å². The molecule has 3 atom stereocenters. The van der Waals surface area contributed by atoms with Crippen LogP contribution in [0.15, 0.2) is 0 Å². The molecule has 0 saturated carbocycles. The monoisotopic (exact) mass is 394 g/mol. The van der Waals surface area contributed by atoms with E-state index in [0.717, 1.165) is 0 Å². The van der Waals surface area contributed by atoms with Crippen LogP contribution < -0.4 is 0 Å². The number of likely N-dealkylation sites (tertiary alicyclic amines) is 4. The number of likely N-dealkylation sites (N-methyl/N-ethyl adjacent to an activating group) is 1. The molecule has 4 saturated heterocycles.